The molecule has 1 N–H and O–H groups in total. The van der Waals surface area contributed by atoms with Crippen LogP contribution in [0.25, 0.3) is 5.69 Å². The Morgan fingerprint density at radius 1 is 1.23 bits per heavy atom. The minimum Gasteiger partial charge on any atom is -0.466 e. The molecular weight excluding hydrogens is 414 g/mol. The summed E-state index contributed by atoms with van der Waals surface area (Å²) in [5, 5.41) is 8.34. The van der Waals surface area contributed by atoms with Crippen LogP contribution in [0.3, 0.4) is 0 Å². The van der Waals surface area contributed by atoms with E-state index >= 15 is 0 Å². The lowest BCUT2D eigenvalue weighted by Crippen LogP contribution is -2.38. The second kappa shape index (κ2) is 7.68. The molecule has 6 nitrogen and oxygen atoms in total. The average Bonchev–Trinajstić information content (AvgIpc) is 3.00. The van der Waals surface area contributed by atoms with Crippen molar-refractivity contribution in [3.05, 3.63) is 69.3 Å². The highest BCUT2D eigenvalue weighted by Crippen LogP contribution is 2.49. The number of benzene rings is 1. The zero-order valence-corrected chi connectivity index (χ0v) is 19.1. The zero-order chi connectivity index (χ0) is 22.5. The molecule has 0 saturated carbocycles. The van der Waals surface area contributed by atoms with Gasteiger partial charge in [-0.2, -0.15) is 5.10 Å². The van der Waals surface area contributed by atoms with Crippen molar-refractivity contribution in [1.82, 2.24) is 15.1 Å². The molecule has 1 aromatic heterocycles. The van der Waals surface area contributed by atoms with E-state index in [0.29, 0.717) is 46.1 Å². The summed E-state index contributed by atoms with van der Waals surface area (Å²) in [4.78, 5) is 26.2. The Labute approximate surface area is 186 Å². The van der Waals surface area contributed by atoms with Crippen molar-refractivity contribution >= 4 is 23.4 Å². The number of hydrogen-bond acceptors (Lipinski definition) is 5. The maximum Gasteiger partial charge on any atom is 0.336 e. The Kier molecular flexibility index (Phi) is 5.30. The van der Waals surface area contributed by atoms with E-state index in [1.807, 2.05) is 44.2 Å². The number of hydrogen-bond donors (Lipinski definition) is 1. The number of aromatic nitrogens is 2. The van der Waals surface area contributed by atoms with Gasteiger partial charge in [0.25, 0.3) is 0 Å². The molecule has 0 amide bonds. The van der Waals surface area contributed by atoms with E-state index in [0.717, 1.165) is 11.4 Å². The highest BCUT2D eigenvalue weighted by molar-refractivity contribution is 6.31. The third kappa shape index (κ3) is 3.59. The highest BCUT2D eigenvalue weighted by atomic mass is 35.5. The number of halogens is 1. The Bertz CT molecular complexity index is 1140. The lowest BCUT2D eigenvalue weighted by atomic mass is 9.68. The molecule has 1 atom stereocenters. The van der Waals surface area contributed by atoms with E-state index < -0.39 is 11.9 Å². The third-order valence-corrected chi connectivity index (χ3v) is 6.35. The average molecular weight is 440 g/mol. The summed E-state index contributed by atoms with van der Waals surface area (Å²) in [5.41, 5.74) is 4.47. The van der Waals surface area contributed by atoms with Gasteiger partial charge in [0.15, 0.2) is 5.78 Å². The van der Waals surface area contributed by atoms with E-state index in [1.165, 1.54) is 7.11 Å². The summed E-state index contributed by atoms with van der Waals surface area (Å²) in [6.07, 6.45) is 1.11. The van der Waals surface area contributed by atoms with Crippen LogP contribution in [0.4, 0.5) is 0 Å². The number of methoxy groups -OCH3 is 1. The molecule has 4 rings (SSSR count). The smallest absolute Gasteiger partial charge is 0.336 e. The van der Waals surface area contributed by atoms with Crippen LogP contribution in [-0.2, 0) is 14.3 Å². The summed E-state index contributed by atoms with van der Waals surface area (Å²) >= 11 is 6.86. The van der Waals surface area contributed by atoms with Crippen LogP contribution in [0.5, 0.6) is 0 Å². The van der Waals surface area contributed by atoms with Gasteiger partial charge in [0.2, 0.25) is 0 Å². The molecular formula is C24H26ClN3O3. The molecule has 0 bridgehead atoms. The lowest BCUT2D eigenvalue weighted by molar-refractivity contribution is -0.136. The molecule has 1 aromatic carbocycles. The van der Waals surface area contributed by atoms with E-state index in [2.05, 4.69) is 24.3 Å². The standard InChI is InChI=1S/C24H26ClN3O3/c1-13-19(23(30)31-5)21(20-16(26-13)11-24(3,4)12-17(20)29)18-14(2)27-28(22(18)25)15-9-7-6-8-10-15/h6-10,21,26H,11-12H2,1-5H3. The zero-order valence-electron chi connectivity index (χ0n) is 18.4. The molecule has 1 aliphatic heterocycles. The molecule has 2 heterocycles. The number of nitrogens with zero attached hydrogens (tertiary/aromatic N) is 2. The van der Waals surface area contributed by atoms with Crippen molar-refractivity contribution in [3.63, 3.8) is 0 Å². The number of allylic oxidation sites excluding steroid dienone is 3. The van der Waals surface area contributed by atoms with Gasteiger partial charge in [0.05, 0.1) is 30.0 Å². The molecule has 1 aliphatic carbocycles. The van der Waals surface area contributed by atoms with Crippen molar-refractivity contribution in [3.8, 4) is 5.69 Å². The van der Waals surface area contributed by atoms with Crippen LogP contribution in [0.1, 0.15) is 50.8 Å². The summed E-state index contributed by atoms with van der Waals surface area (Å²) in [6.45, 7) is 7.84. The van der Waals surface area contributed by atoms with Crippen LogP contribution >= 0.6 is 11.6 Å². The second-order valence-corrected chi connectivity index (χ2v) is 9.32. The normalized spacial score (nSPS) is 20.5. The van der Waals surface area contributed by atoms with Gasteiger partial charge < -0.3 is 10.1 Å². The van der Waals surface area contributed by atoms with Gasteiger partial charge in [-0.05, 0) is 37.8 Å². The topological polar surface area (TPSA) is 73.2 Å². The number of rotatable bonds is 3. The van der Waals surface area contributed by atoms with Gasteiger partial charge >= 0.3 is 5.97 Å². The SMILES string of the molecule is COC(=O)C1=C(C)NC2=C(C(=O)CC(C)(C)C2)C1c1c(C)nn(-c2ccccc2)c1Cl. The molecule has 162 valence electrons. The minimum atomic E-state index is -0.628. The number of esters is 1. The monoisotopic (exact) mass is 439 g/mol. The number of ether oxygens (including phenoxy) is 1. The first-order chi connectivity index (χ1) is 14.6. The van der Waals surface area contributed by atoms with Crippen LogP contribution in [0.2, 0.25) is 5.15 Å². The van der Waals surface area contributed by atoms with Crippen LogP contribution in [-0.4, -0.2) is 28.6 Å². The Morgan fingerprint density at radius 3 is 2.55 bits per heavy atom. The van der Waals surface area contributed by atoms with Gasteiger partial charge in [0.1, 0.15) is 5.15 Å². The van der Waals surface area contributed by atoms with Crippen LogP contribution < -0.4 is 5.32 Å². The molecule has 0 radical (unpaired) electrons. The number of dihydropyridines is 1. The number of carbonyl (C=O) groups excluding carboxylic acids is 2. The summed E-state index contributed by atoms with van der Waals surface area (Å²) in [5.74, 6) is -1.10. The van der Waals surface area contributed by atoms with Crippen molar-refractivity contribution < 1.29 is 14.3 Å². The van der Waals surface area contributed by atoms with E-state index in [1.54, 1.807) is 4.68 Å². The van der Waals surface area contributed by atoms with Gasteiger partial charge in [-0.3, -0.25) is 4.79 Å². The predicted octanol–water partition coefficient (Wildman–Crippen LogP) is 4.61. The van der Waals surface area contributed by atoms with E-state index in [-0.39, 0.29) is 11.2 Å². The number of nitrogens with one attached hydrogen (secondary N) is 1. The second-order valence-electron chi connectivity index (χ2n) is 8.96. The van der Waals surface area contributed by atoms with Crippen LogP contribution in [0.15, 0.2) is 52.9 Å². The maximum absolute atomic E-state index is 13.3. The first-order valence-electron chi connectivity index (χ1n) is 10.3. The summed E-state index contributed by atoms with van der Waals surface area (Å²) in [6, 6.07) is 9.55. The fourth-order valence-corrected chi connectivity index (χ4v) is 5.07. The van der Waals surface area contributed by atoms with Gasteiger partial charge in [-0.1, -0.05) is 43.6 Å². The van der Waals surface area contributed by atoms with Crippen molar-refractivity contribution in [1.29, 1.82) is 0 Å². The predicted molar refractivity (Wildman–Crippen MR) is 119 cm³/mol. The third-order valence-electron chi connectivity index (χ3n) is 5.98. The molecule has 0 saturated heterocycles. The Morgan fingerprint density at radius 2 is 1.90 bits per heavy atom. The minimum absolute atomic E-state index is 0.0144. The molecule has 31 heavy (non-hydrogen) atoms. The Hall–Kier alpha value is -2.86. The van der Waals surface area contributed by atoms with Gasteiger partial charge in [-0.25, -0.2) is 9.48 Å². The molecule has 7 heteroatoms. The number of Topliss-reactive ketones (excluding diaryl/α,β-unsaturated/α-hetero) is 1. The quantitative estimate of drug-likeness (QED) is 0.707. The first kappa shape index (κ1) is 21.4. The maximum atomic E-state index is 13.3. The van der Waals surface area contributed by atoms with Crippen molar-refractivity contribution in [2.75, 3.05) is 7.11 Å². The summed E-state index contributed by atoms with van der Waals surface area (Å²) in [7, 11) is 1.34. The van der Waals surface area contributed by atoms with Gasteiger partial charge in [-0.15, -0.1) is 0 Å². The number of ketones is 1. The fraction of sp³-hybridized carbons (Fsp3) is 0.375. The van der Waals surface area contributed by atoms with Gasteiger partial charge in [0, 0.05) is 29.0 Å². The number of aryl methyl sites for hydroxylation is 1. The molecule has 0 fully saturated rings. The fourth-order valence-electron chi connectivity index (χ4n) is 4.68. The first-order valence-corrected chi connectivity index (χ1v) is 10.6. The highest BCUT2D eigenvalue weighted by Gasteiger charge is 2.45. The molecule has 1 unspecified atom stereocenters. The number of para-hydroxylation sites is 1. The molecule has 2 aliphatic rings. The molecule has 0 spiro atoms. The van der Waals surface area contributed by atoms with Crippen molar-refractivity contribution in [2.24, 2.45) is 5.41 Å². The summed E-state index contributed by atoms with van der Waals surface area (Å²) < 4.78 is 6.75. The van der Waals surface area contributed by atoms with E-state index in [4.69, 9.17) is 16.3 Å². The molecule has 2 aromatic rings. The van der Waals surface area contributed by atoms with Crippen molar-refractivity contribution in [2.45, 2.75) is 46.5 Å². The number of carbonyl (C=O) groups is 2. The van der Waals surface area contributed by atoms with E-state index in [9.17, 15) is 9.59 Å². The van der Waals surface area contributed by atoms with Crippen LogP contribution in [0, 0.1) is 12.3 Å². The largest absolute Gasteiger partial charge is 0.466 e. The lowest BCUT2D eigenvalue weighted by Gasteiger charge is -2.39. The Balaban J connectivity index is 1.96.